The van der Waals surface area contributed by atoms with Gasteiger partial charge in [0.1, 0.15) is 0 Å². The van der Waals surface area contributed by atoms with Crippen molar-refractivity contribution in [2.75, 3.05) is 13.3 Å². The van der Waals surface area contributed by atoms with Gasteiger partial charge >= 0.3 is 77.1 Å². The molecule has 0 heterocycles. The summed E-state index contributed by atoms with van der Waals surface area (Å²) in [4.78, 5) is 0. The van der Waals surface area contributed by atoms with Crippen molar-refractivity contribution >= 4 is 58.8 Å². The van der Waals surface area contributed by atoms with Crippen LogP contribution in [0.4, 0.5) is 0 Å². The van der Waals surface area contributed by atoms with E-state index in [-0.39, 0.29) is 7.61 Å². The molecule has 0 spiro atoms. The molecule has 0 radical (unpaired) electrons. The molecule has 0 aliphatic carbocycles. The molecule has 0 aromatic rings. The average Bonchev–Trinajstić information content (AvgIpc) is 1.84. The van der Waals surface area contributed by atoms with Gasteiger partial charge in [-0.05, 0) is 0 Å². The Morgan fingerprint density at radius 2 is 1.80 bits per heavy atom. The van der Waals surface area contributed by atoms with E-state index in [1.54, 1.807) is 0 Å². The molecule has 0 amide bonds. The van der Waals surface area contributed by atoms with Gasteiger partial charge in [-0.15, -0.1) is 0 Å². The fraction of sp³-hybridized carbons (Fsp3) is 1.00. The van der Waals surface area contributed by atoms with E-state index in [2.05, 4.69) is 21.7 Å². The summed E-state index contributed by atoms with van der Waals surface area (Å²) >= 11 is 9.59. The summed E-state index contributed by atoms with van der Waals surface area (Å²) in [5.74, 6) is 0. The molecule has 0 aliphatic heterocycles. The molecule has 2 atom stereocenters. The minimum absolute atomic E-state index is 0.152. The molecular formula is C2H6NP4S3-. The van der Waals surface area contributed by atoms with Crippen molar-refractivity contribution in [3.8, 4) is 0 Å². The van der Waals surface area contributed by atoms with Crippen molar-refractivity contribution in [1.29, 1.82) is 5.00 Å². The van der Waals surface area contributed by atoms with E-state index in [4.69, 9.17) is 22.4 Å². The topological polar surface area (TPSA) is 23.8 Å². The van der Waals surface area contributed by atoms with Gasteiger partial charge in [0.25, 0.3) is 0 Å². The van der Waals surface area contributed by atoms with Crippen LogP contribution in [-0.2, 0) is 30.0 Å². The van der Waals surface area contributed by atoms with Gasteiger partial charge in [-0.2, -0.15) is 0 Å². The number of rotatable bonds is 0. The minimum atomic E-state index is -1.12. The summed E-state index contributed by atoms with van der Waals surface area (Å²) in [7, 11) is 3.50. The summed E-state index contributed by atoms with van der Waals surface area (Å²) < 4.78 is 0. The van der Waals surface area contributed by atoms with Crippen molar-refractivity contribution in [3.63, 3.8) is 0 Å². The Bertz CT molecular complexity index is 303. The summed E-state index contributed by atoms with van der Waals surface area (Å²) in [6.07, 6.45) is -1.68. The number of hydrogen-bond donors (Lipinski definition) is 0. The predicted octanol–water partition coefficient (Wildman–Crippen LogP) is 3.78. The van der Waals surface area contributed by atoms with E-state index in [1.165, 1.54) is 0 Å². The molecule has 8 heteroatoms. The molecule has 0 aromatic heterocycles. The Labute approximate surface area is 76.9 Å². The fourth-order valence-corrected chi connectivity index (χ4v) is 22.6. The van der Waals surface area contributed by atoms with Crippen LogP contribution in [0.25, 0.3) is 0 Å². The van der Waals surface area contributed by atoms with Crippen LogP contribution in [0, 0.1) is 5.00 Å². The molecule has 2 unspecified atom stereocenters. The van der Waals surface area contributed by atoms with Crippen molar-refractivity contribution in [3.05, 3.63) is 0 Å². The van der Waals surface area contributed by atoms with Crippen LogP contribution in [0.2, 0.25) is 0 Å². The summed E-state index contributed by atoms with van der Waals surface area (Å²) in [5, 5.41) is 9.40. The maximum atomic E-state index is 9.40. The van der Waals surface area contributed by atoms with Gasteiger partial charge < -0.3 is 0 Å². The quantitative estimate of drug-likeness (QED) is 0.491. The number of hydrogen-bond acceptors (Lipinski definition) is 4. The first-order valence-corrected chi connectivity index (χ1v) is 13.3. The molecule has 0 N–H and O–H groups in total. The van der Waals surface area contributed by atoms with E-state index in [0.717, 1.165) is 0 Å². The van der Waals surface area contributed by atoms with Gasteiger partial charge in [0.15, 0.2) is 0 Å². The van der Waals surface area contributed by atoms with Crippen molar-refractivity contribution in [1.82, 2.24) is 0 Å². The molecular weight excluding hydrogens is 258 g/mol. The first-order chi connectivity index (χ1) is 4.46. The Morgan fingerprint density at radius 3 is 1.90 bits per heavy atom. The Morgan fingerprint density at radius 1 is 1.40 bits per heavy atom. The summed E-state index contributed by atoms with van der Waals surface area (Å²) in [6.45, 7) is 4.19. The zero-order valence-corrected chi connectivity index (χ0v) is 11.5. The fourth-order valence-electron chi connectivity index (χ4n) is 0.213. The van der Waals surface area contributed by atoms with E-state index < -0.39 is 20.5 Å². The second kappa shape index (κ2) is 5.58. The maximum absolute atomic E-state index is 9.40. The van der Waals surface area contributed by atoms with Gasteiger partial charge in [0.2, 0.25) is 0 Å². The van der Waals surface area contributed by atoms with Crippen LogP contribution in [0.15, 0.2) is 0 Å². The van der Waals surface area contributed by atoms with Gasteiger partial charge in [-0.25, -0.2) is 0 Å². The molecule has 0 bridgehead atoms. The Hall–Kier alpha value is 1.96. The third-order valence-electron chi connectivity index (χ3n) is 0.644. The zero-order chi connectivity index (χ0) is 8.31. The molecule has 0 fully saturated rings. The zero-order valence-electron chi connectivity index (χ0n) is 5.46. The summed E-state index contributed by atoms with van der Waals surface area (Å²) in [5.41, 5.74) is 0. The van der Waals surface area contributed by atoms with Crippen molar-refractivity contribution in [2.24, 2.45) is 0 Å². The monoisotopic (exact) mass is 264 g/mol. The van der Waals surface area contributed by atoms with Crippen molar-refractivity contribution in [2.45, 2.75) is 0 Å². The standard InChI is InChI=1S/C2H6NP4S3/c1-5(2)7(4)6(3)10(8)9/h1-2H3/q-1. The van der Waals surface area contributed by atoms with Crippen LogP contribution in [0.5, 0.6) is 0 Å². The summed E-state index contributed by atoms with van der Waals surface area (Å²) in [6, 6.07) is 0. The number of nitrogens with zero attached hydrogens (tertiary/aromatic N) is 1. The van der Waals surface area contributed by atoms with Crippen LogP contribution in [0.3, 0.4) is 0 Å². The molecule has 0 aliphatic rings. The first kappa shape index (κ1) is 12.0. The Kier molecular flexibility index (Phi) is 6.67. The molecule has 0 saturated heterocycles. The predicted molar refractivity (Wildman–Crippen MR) is 63.3 cm³/mol. The molecule has 1 nitrogen and oxygen atoms in total. The molecule has 0 saturated carbocycles. The van der Waals surface area contributed by atoms with Gasteiger partial charge in [-0.3, -0.25) is 0 Å². The third kappa shape index (κ3) is 4.10. The van der Waals surface area contributed by atoms with Crippen LogP contribution < -0.4 is 0 Å². The first-order valence-electron chi connectivity index (χ1n) is 2.21. The van der Waals surface area contributed by atoms with Crippen molar-refractivity contribution < 1.29 is 0 Å². The molecule has 0 rings (SSSR count). The molecule has 10 heavy (non-hydrogen) atoms. The van der Waals surface area contributed by atoms with E-state index >= 15 is 0 Å². The van der Waals surface area contributed by atoms with E-state index in [0.29, 0.717) is 0 Å². The van der Waals surface area contributed by atoms with E-state index in [1.807, 2.05) is 0 Å². The Balaban J connectivity index is 4.51. The third-order valence-corrected chi connectivity index (χ3v) is 24.9. The van der Waals surface area contributed by atoms with Crippen LogP contribution in [0.1, 0.15) is 0 Å². The van der Waals surface area contributed by atoms with Gasteiger partial charge in [0, 0.05) is 0 Å². The second-order valence-corrected chi connectivity index (χ2v) is 21.8. The SMILES string of the molecule is CP(C)P(#P)P(#N)[S-](=S)=S. The molecule has 0 aromatic carbocycles. The normalized spacial score (nSPS) is 13.8. The van der Waals surface area contributed by atoms with E-state index in [9.17, 15) is 5.00 Å². The van der Waals surface area contributed by atoms with Gasteiger partial charge in [0.05, 0.1) is 0 Å². The van der Waals surface area contributed by atoms with Crippen LogP contribution >= 0.6 is 28.8 Å². The molecule has 58 valence electrons. The second-order valence-electron chi connectivity index (χ2n) is 1.59. The van der Waals surface area contributed by atoms with Gasteiger partial charge in [-0.1, -0.05) is 0 Å². The average molecular weight is 264 g/mol. The van der Waals surface area contributed by atoms with Crippen LogP contribution in [-0.4, -0.2) is 13.3 Å².